The third kappa shape index (κ3) is 3.39. The van der Waals surface area contributed by atoms with Crippen LogP contribution in [0.5, 0.6) is 11.5 Å². The molecule has 7 heteroatoms. The van der Waals surface area contributed by atoms with Crippen LogP contribution in [0, 0.1) is 0 Å². The molecule has 2 rings (SSSR count). The predicted octanol–water partition coefficient (Wildman–Crippen LogP) is 0.615. The standard InChI is InChI=1S/C16H23N3O4/c1-10(17)15(20)18(2)14-5-6-19(16(14)21)11-7-12(22-3)9-13(8-11)23-4/h7-10,14H,5-6,17H2,1-4H3/t10-,14?/m1/s1. The van der Waals surface area contributed by atoms with Crippen LogP contribution in [0.2, 0.25) is 0 Å². The van der Waals surface area contributed by atoms with Gasteiger partial charge in [-0.1, -0.05) is 0 Å². The smallest absolute Gasteiger partial charge is 0.249 e. The van der Waals surface area contributed by atoms with E-state index in [1.807, 2.05) is 0 Å². The van der Waals surface area contributed by atoms with Gasteiger partial charge in [-0.25, -0.2) is 0 Å². The number of nitrogens with zero attached hydrogens (tertiary/aromatic N) is 2. The first kappa shape index (κ1) is 17.1. The van der Waals surface area contributed by atoms with Gasteiger partial charge in [-0.3, -0.25) is 9.59 Å². The second kappa shape index (κ2) is 6.87. The normalized spacial score (nSPS) is 18.7. The average Bonchev–Trinajstić information content (AvgIpc) is 2.94. The van der Waals surface area contributed by atoms with E-state index in [0.29, 0.717) is 30.2 Å². The summed E-state index contributed by atoms with van der Waals surface area (Å²) in [5.41, 5.74) is 6.31. The molecule has 1 aromatic carbocycles. The van der Waals surface area contributed by atoms with Gasteiger partial charge in [-0.2, -0.15) is 0 Å². The summed E-state index contributed by atoms with van der Waals surface area (Å²) in [5, 5.41) is 0. The molecule has 0 bridgehead atoms. The molecule has 0 saturated carbocycles. The molecule has 0 aliphatic carbocycles. The number of ether oxygens (including phenoxy) is 2. The molecule has 2 amide bonds. The van der Waals surface area contributed by atoms with Gasteiger partial charge in [0.1, 0.15) is 17.5 Å². The first-order chi connectivity index (χ1) is 10.9. The van der Waals surface area contributed by atoms with Gasteiger partial charge in [0.15, 0.2) is 0 Å². The number of carbonyl (C=O) groups is 2. The molecule has 0 spiro atoms. The van der Waals surface area contributed by atoms with Gasteiger partial charge in [0.2, 0.25) is 11.8 Å². The molecule has 1 aromatic rings. The Labute approximate surface area is 135 Å². The molecular weight excluding hydrogens is 298 g/mol. The van der Waals surface area contributed by atoms with E-state index >= 15 is 0 Å². The summed E-state index contributed by atoms with van der Waals surface area (Å²) >= 11 is 0. The average molecular weight is 321 g/mol. The summed E-state index contributed by atoms with van der Waals surface area (Å²) in [4.78, 5) is 27.8. The molecule has 1 heterocycles. The number of hydrogen-bond acceptors (Lipinski definition) is 5. The Hall–Kier alpha value is -2.28. The van der Waals surface area contributed by atoms with Gasteiger partial charge in [-0.05, 0) is 13.3 Å². The number of carbonyl (C=O) groups excluding carboxylic acids is 2. The first-order valence-electron chi connectivity index (χ1n) is 7.45. The Balaban J connectivity index is 2.23. The Bertz CT molecular complexity index is 581. The van der Waals surface area contributed by atoms with Crippen molar-refractivity contribution in [2.75, 3.05) is 32.7 Å². The first-order valence-corrected chi connectivity index (χ1v) is 7.45. The van der Waals surface area contributed by atoms with Crippen LogP contribution in [-0.2, 0) is 9.59 Å². The lowest BCUT2D eigenvalue weighted by Gasteiger charge is -2.25. The van der Waals surface area contributed by atoms with Crippen molar-refractivity contribution in [3.8, 4) is 11.5 Å². The maximum absolute atomic E-state index is 12.7. The molecule has 1 aliphatic rings. The van der Waals surface area contributed by atoms with Crippen LogP contribution in [0.4, 0.5) is 5.69 Å². The van der Waals surface area contributed by atoms with Crippen molar-refractivity contribution >= 4 is 17.5 Å². The molecule has 126 valence electrons. The van der Waals surface area contributed by atoms with Gasteiger partial charge >= 0.3 is 0 Å². The molecule has 23 heavy (non-hydrogen) atoms. The molecule has 0 aromatic heterocycles. The Morgan fingerprint density at radius 1 is 1.30 bits per heavy atom. The lowest BCUT2D eigenvalue weighted by atomic mass is 10.2. The van der Waals surface area contributed by atoms with E-state index in [1.54, 1.807) is 51.3 Å². The summed E-state index contributed by atoms with van der Waals surface area (Å²) in [6, 6.07) is 4.17. The van der Waals surface area contributed by atoms with Gasteiger partial charge < -0.3 is 25.0 Å². The third-order valence-electron chi connectivity index (χ3n) is 4.03. The summed E-state index contributed by atoms with van der Waals surface area (Å²) in [6.45, 7) is 2.14. The lowest BCUT2D eigenvalue weighted by molar-refractivity contribution is -0.137. The maximum Gasteiger partial charge on any atom is 0.249 e. The number of amides is 2. The number of hydrogen-bond donors (Lipinski definition) is 1. The SMILES string of the molecule is COc1cc(OC)cc(N2CCC(N(C)C(=O)[C@@H](C)N)C2=O)c1. The topological polar surface area (TPSA) is 85.1 Å². The number of nitrogens with two attached hydrogens (primary N) is 1. The number of benzene rings is 1. The minimum absolute atomic E-state index is 0.128. The van der Waals surface area contributed by atoms with Gasteiger partial charge in [0.25, 0.3) is 0 Å². The predicted molar refractivity (Wildman–Crippen MR) is 86.7 cm³/mol. The van der Waals surface area contributed by atoms with Crippen LogP contribution < -0.4 is 20.1 Å². The van der Waals surface area contributed by atoms with E-state index in [-0.39, 0.29) is 11.8 Å². The van der Waals surface area contributed by atoms with Gasteiger partial charge in [0.05, 0.1) is 25.9 Å². The van der Waals surface area contributed by atoms with Crippen LogP contribution in [0.15, 0.2) is 18.2 Å². The fourth-order valence-corrected chi connectivity index (χ4v) is 2.70. The highest BCUT2D eigenvalue weighted by Crippen LogP contribution is 2.31. The maximum atomic E-state index is 12.7. The molecule has 1 aliphatic heterocycles. The van der Waals surface area contributed by atoms with Gasteiger partial charge in [0, 0.05) is 31.8 Å². The fourth-order valence-electron chi connectivity index (χ4n) is 2.70. The number of likely N-dealkylation sites (N-methyl/N-ethyl adjacent to an activating group) is 1. The van der Waals surface area contributed by atoms with Crippen LogP contribution in [0.1, 0.15) is 13.3 Å². The van der Waals surface area contributed by atoms with Crippen molar-refractivity contribution in [1.29, 1.82) is 0 Å². The lowest BCUT2D eigenvalue weighted by Crippen LogP contribution is -2.48. The molecule has 2 atom stereocenters. The van der Waals surface area contributed by atoms with Crippen LogP contribution in [0.3, 0.4) is 0 Å². The molecule has 1 unspecified atom stereocenters. The largest absolute Gasteiger partial charge is 0.497 e. The second-order valence-corrected chi connectivity index (χ2v) is 5.60. The zero-order chi connectivity index (χ0) is 17.1. The summed E-state index contributed by atoms with van der Waals surface area (Å²) in [7, 11) is 4.73. The van der Waals surface area contributed by atoms with Crippen molar-refractivity contribution in [2.24, 2.45) is 5.73 Å². The monoisotopic (exact) mass is 321 g/mol. The van der Waals surface area contributed by atoms with Crippen molar-refractivity contribution in [1.82, 2.24) is 4.90 Å². The second-order valence-electron chi connectivity index (χ2n) is 5.60. The van der Waals surface area contributed by atoms with Crippen molar-refractivity contribution in [3.63, 3.8) is 0 Å². The zero-order valence-electron chi connectivity index (χ0n) is 13.9. The van der Waals surface area contributed by atoms with E-state index in [0.717, 1.165) is 0 Å². The Kier molecular flexibility index (Phi) is 5.10. The minimum atomic E-state index is -0.626. The highest BCUT2D eigenvalue weighted by molar-refractivity contribution is 6.01. The fraction of sp³-hybridized carbons (Fsp3) is 0.500. The molecular formula is C16H23N3O4. The number of rotatable bonds is 5. The highest BCUT2D eigenvalue weighted by atomic mass is 16.5. The summed E-state index contributed by atoms with van der Waals surface area (Å²) in [5.74, 6) is 0.844. The van der Waals surface area contributed by atoms with Gasteiger partial charge in [-0.15, -0.1) is 0 Å². The van der Waals surface area contributed by atoms with E-state index in [2.05, 4.69) is 0 Å². The van der Waals surface area contributed by atoms with Crippen molar-refractivity contribution < 1.29 is 19.1 Å². The zero-order valence-corrected chi connectivity index (χ0v) is 13.9. The number of methoxy groups -OCH3 is 2. The molecule has 0 radical (unpaired) electrons. The molecule has 1 saturated heterocycles. The third-order valence-corrected chi connectivity index (χ3v) is 4.03. The van der Waals surface area contributed by atoms with E-state index in [4.69, 9.17) is 15.2 Å². The van der Waals surface area contributed by atoms with E-state index < -0.39 is 12.1 Å². The minimum Gasteiger partial charge on any atom is -0.497 e. The molecule has 7 nitrogen and oxygen atoms in total. The van der Waals surface area contributed by atoms with Crippen LogP contribution in [-0.4, -0.2) is 56.6 Å². The van der Waals surface area contributed by atoms with Crippen LogP contribution >= 0.6 is 0 Å². The Morgan fingerprint density at radius 3 is 2.35 bits per heavy atom. The van der Waals surface area contributed by atoms with Crippen LogP contribution in [0.25, 0.3) is 0 Å². The summed E-state index contributed by atoms with van der Waals surface area (Å²) in [6.07, 6.45) is 0.563. The van der Waals surface area contributed by atoms with Crippen molar-refractivity contribution in [3.05, 3.63) is 18.2 Å². The number of anilines is 1. The van der Waals surface area contributed by atoms with E-state index in [1.165, 1.54) is 4.90 Å². The summed E-state index contributed by atoms with van der Waals surface area (Å²) < 4.78 is 10.5. The van der Waals surface area contributed by atoms with E-state index in [9.17, 15) is 9.59 Å². The quantitative estimate of drug-likeness (QED) is 0.859. The molecule has 2 N–H and O–H groups in total. The Morgan fingerprint density at radius 2 is 1.87 bits per heavy atom. The van der Waals surface area contributed by atoms with Crippen molar-refractivity contribution in [2.45, 2.75) is 25.4 Å². The molecule has 1 fully saturated rings. The highest BCUT2D eigenvalue weighted by Gasteiger charge is 2.38.